The van der Waals surface area contributed by atoms with Gasteiger partial charge in [-0.2, -0.15) is 0 Å². The fourth-order valence-corrected chi connectivity index (χ4v) is 3.75. The molecule has 5 nitrogen and oxygen atoms in total. The van der Waals surface area contributed by atoms with Gasteiger partial charge < -0.3 is 5.11 Å². The van der Waals surface area contributed by atoms with E-state index in [4.69, 9.17) is 0 Å². The normalized spacial score (nSPS) is 11.8. The van der Waals surface area contributed by atoms with Gasteiger partial charge in [-0.1, -0.05) is 49.0 Å². The maximum atomic E-state index is 11.5. The van der Waals surface area contributed by atoms with Crippen LogP contribution in [0, 0.1) is 0 Å². The van der Waals surface area contributed by atoms with Crippen LogP contribution < -0.4 is 5.72 Å². The van der Waals surface area contributed by atoms with Crippen LogP contribution in [0.2, 0.25) is 0 Å². The molecule has 25 heavy (non-hydrogen) atoms. The maximum Gasteiger partial charge on any atom is 0.319 e. The third kappa shape index (κ3) is 3.16. The minimum absolute atomic E-state index is 0.583. The molecule has 0 radical (unpaired) electrons. The van der Waals surface area contributed by atoms with Gasteiger partial charge in [0.15, 0.2) is 13.0 Å². The van der Waals surface area contributed by atoms with Crippen molar-refractivity contribution in [3.8, 4) is 5.69 Å². The summed E-state index contributed by atoms with van der Waals surface area (Å²) in [5.74, 6) is -0.879. The van der Waals surface area contributed by atoms with Crippen molar-refractivity contribution in [2.24, 2.45) is 0 Å². The van der Waals surface area contributed by atoms with Crippen LogP contribution in [-0.2, 0) is 11.2 Å². The van der Waals surface area contributed by atoms with Gasteiger partial charge in [0.05, 0.1) is 11.4 Å². The fourth-order valence-electron chi connectivity index (χ4n) is 2.81. The van der Waals surface area contributed by atoms with Gasteiger partial charge in [-0.15, -0.1) is 10.2 Å². The lowest BCUT2D eigenvalue weighted by Crippen LogP contribution is -2.28. The van der Waals surface area contributed by atoms with Crippen molar-refractivity contribution in [2.45, 2.75) is 37.1 Å². The van der Waals surface area contributed by atoms with Crippen LogP contribution >= 0.6 is 11.8 Å². The number of carboxylic acid groups (broad SMARTS) is 1. The highest BCUT2D eigenvalue weighted by atomic mass is 32.2. The fraction of sp³-hybridized carbons (Fsp3) is 0.278. The summed E-state index contributed by atoms with van der Waals surface area (Å²) in [6.07, 6.45) is 0.954. The molecular weight excluding hydrogens is 333 g/mol. The molecule has 0 aliphatic rings. The molecule has 0 amide bonds. The molecule has 0 aliphatic heterocycles. The summed E-state index contributed by atoms with van der Waals surface area (Å²) in [7, 11) is 1.88. The molecule has 0 saturated heterocycles. The van der Waals surface area contributed by atoms with E-state index in [0.29, 0.717) is 5.16 Å². The van der Waals surface area contributed by atoms with E-state index in [9.17, 15) is 9.90 Å². The van der Waals surface area contributed by atoms with Gasteiger partial charge in [0, 0.05) is 5.39 Å². The Kier molecular flexibility index (Phi) is 4.60. The number of hydrogen-bond donors (Lipinski definition) is 1. The second-order valence-electron chi connectivity index (χ2n) is 6.43. The molecule has 128 valence electrons. The molecule has 0 saturated carbocycles. The van der Waals surface area contributed by atoms with Crippen LogP contribution in [0.1, 0.15) is 26.3 Å². The first-order chi connectivity index (χ1) is 11.8. The first kappa shape index (κ1) is 17.5. The summed E-state index contributed by atoms with van der Waals surface area (Å²) in [4.78, 5) is 11.5. The number of rotatable bonds is 5. The Bertz CT molecular complexity index is 953. The van der Waals surface area contributed by atoms with E-state index in [1.807, 2.05) is 24.5 Å². The molecule has 1 aromatic heterocycles. The van der Waals surface area contributed by atoms with Crippen LogP contribution in [0.15, 0.2) is 41.6 Å². The molecule has 0 bridgehead atoms. The third-order valence-electron chi connectivity index (χ3n) is 4.27. The lowest BCUT2D eigenvalue weighted by Gasteiger charge is -2.19. The van der Waals surface area contributed by atoms with Crippen molar-refractivity contribution in [3.63, 3.8) is 0 Å². The number of aliphatic carboxylic acids is 1. The Morgan fingerprint density at radius 2 is 1.88 bits per heavy atom. The summed E-state index contributed by atoms with van der Waals surface area (Å²) in [5, 5.41) is 20.7. The number of benzene rings is 2. The predicted molar refractivity (Wildman–Crippen MR) is 104 cm³/mol. The zero-order chi connectivity index (χ0) is 18.2. The average molecular weight is 353 g/mol. The molecule has 0 unspecified atom stereocenters. The number of fused-ring (bicyclic) bond motifs is 1. The standard InChI is InChI=1S/C18H20BN3O2S/c1-4-11-9-10-14(13-8-6-5-7-12(11)13)22-16(19)20-21-17(22)25-18(2,3)15(23)24/h5-10H,4,19H2,1-3H3,(H,23,24). The highest BCUT2D eigenvalue weighted by molar-refractivity contribution is 8.01. The molecule has 7 heteroatoms. The number of thioether (sulfide) groups is 1. The van der Waals surface area contributed by atoms with Gasteiger partial charge >= 0.3 is 5.97 Å². The Balaban J connectivity index is 2.20. The summed E-state index contributed by atoms with van der Waals surface area (Å²) in [6.45, 7) is 5.49. The van der Waals surface area contributed by atoms with Crippen molar-refractivity contribution in [1.29, 1.82) is 0 Å². The van der Waals surface area contributed by atoms with Crippen LogP contribution in [0.5, 0.6) is 0 Å². The maximum absolute atomic E-state index is 11.5. The van der Waals surface area contributed by atoms with Gasteiger partial charge in [0.25, 0.3) is 0 Å². The van der Waals surface area contributed by atoms with Crippen LogP contribution in [0.3, 0.4) is 0 Å². The van der Waals surface area contributed by atoms with E-state index < -0.39 is 10.7 Å². The summed E-state index contributed by atoms with van der Waals surface area (Å²) >= 11 is 1.20. The zero-order valence-corrected chi connectivity index (χ0v) is 15.6. The van der Waals surface area contributed by atoms with E-state index in [1.54, 1.807) is 13.8 Å². The Hall–Kier alpha value is -2.28. The quantitative estimate of drug-likeness (QED) is 0.563. The van der Waals surface area contributed by atoms with E-state index in [-0.39, 0.29) is 0 Å². The van der Waals surface area contributed by atoms with Gasteiger partial charge in [-0.05, 0) is 37.3 Å². The topological polar surface area (TPSA) is 68.0 Å². The van der Waals surface area contributed by atoms with E-state index in [0.717, 1.165) is 23.2 Å². The number of carbonyl (C=O) groups is 1. The van der Waals surface area contributed by atoms with Crippen LogP contribution in [0.4, 0.5) is 0 Å². The molecule has 0 fully saturated rings. The Morgan fingerprint density at radius 1 is 1.20 bits per heavy atom. The van der Waals surface area contributed by atoms with Gasteiger partial charge in [0.2, 0.25) is 0 Å². The summed E-state index contributed by atoms with van der Waals surface area (Å²) in [6, 6.07) is 12.4. The van der Waals surface area contributed by atoms with Crippen molar-refractivity contribution >= 4 is 42.1 Å². The largest absolute Gasteiger partial charge is 0.480 e. The smallest absolute Gasteiger partial charge is 0.319 e. The molecule has 0 spiro atoms. The number of carboxylic acids is 1. The highest BCUT2D eigenvalue weighted by Gasteiger charge is 2.31. The van der Waals surface area contributed by atoms with Crippen molar-refractivity contribution in [3.05, 3.63) is 42.0 Å². The van der Waals surface area contributed by atoms with E-state index in [2.05, 4.69) is 41.4 Å². The molecule has 3 rings (SSSR count). The molecular formula is C18H20BN3O2S. The van der Waals surface area contributed by atoms with E-state index in [1.165, 1.54) is 22.7 Å². The van der Waals surface area contributed by atoms with Crippen molar-refractivity contribution < 1.29 is 9.90 Å². The minimum atomic E-state index is -0.990. The molecule has 1 N–H and O–H groups in total. The lowest BCUT2D eigenvalue weighted by atomic mass is 10.0. The number of aryl methyl sites for hydroxylation is 1. The zero-order valence-electron chi connectivity index (χ0n) is 14.8. The van der Waals surface area contributed by atoms with E-state index >= 15 is 0 Å². The Morgan fingerprint density at radius 3 is 2.52 bits per heavy atom. The van der Waals surface area contributed by atoms with Gasteiger partial charge in [0.1, 0.15) is 4.75 Å². The molecule has 0 atom stereocenters. The second kappa shape index (κ2) is 6.56. The van der Waals surface area contributed by atoms with Gasteiger partial charge in [-0.3, -0.25) is 9.36 Å². The monoisotopic (exact) mass is 353 g/mol. The first-order valence-corrected chi connectivity index (χ1v) is 9.02. The number of nitrogens with zero attached hydrogens (tertiary/aromatic N) is 3. The van der Waals surface area contributed by atoms with Crippen LogP contribution in [-0.4, -0.2) is 38.4 Å². The predicted octanol–water partition coefficient (Wildman–Crippen LogP) is 2.20. The summed E-state index contributed by atoms with van der Waals surface area (Å²) in [5.41, 5.74) is 2.99. The lowest BCUT2D eigenvalue weighted by molar-refractivity contribution is -0.138. The number of hydrogen-bond acceptors (Lipinski definition) is 4. The summed E-state index contributed by atoms with van der Waals surface area (Å²) < 4.78 is 0.952. The third-order valence-corrected chi connectivity index (χ3v) is 5.40. The first-order valence-electron chi connectivity index (χ1n) is 8.20. The second-order valence-corrected chi connectivity index (χ2v) is 8.02. The van der Waals surface area contributed by atoms with Crippen LogP contribution in [0.25, 0.3) is 16.5 Å². The molecule has 1 heterocycles. The molecule has 3 aromatic rings. The van der Waals surface area contributed by atoms with Crippen molar-refractivity contribution in [2.75, 3.05) is 0 Å². The average Bonchev–Trinajstić information content (AvgIpc) is 2.93. The van der Waals surface area contributed by atoms with Crippen molar-refractivity contribution in [1.82, 2.24) is 14.8 Å². The molecule has 0 aliphatic carbocycles. The highest BCUT2D eigenvalue weighted by Crippen LogP contribution is 2.34. The van der Waals surface area contributed by atoms with Gasteiger partial charge in [-0.25, -0.2) is 0 Å². The minimum Gasteiger partial charge on any atom is -0.480 e. The SMILES string of the molecule is Bc1nnc(SC(C)(C)C(=O)O)n1-c1ccc(CC)c2ccccc12. The number of aromatic nitrogens is 3. The Labute approximate surface area is 151 Å². The molecule has 2 aromatic carbocycles.